The predicted molar refractivity (Wildman–Crippen MR) is 106 cm³/mol. The molecule has 1 heterocycles. The number of anilines is 2. The molecule has 0 spiro atoms. The van der Waals surface area contributed by atoms with E-state index >= 15 is 0 Å². The van der Waals surface area contributed by atoms with Crippen LogP contribution in [0.1, 0.15) is 15.9 Å². The molecule has 2 aromatic carbocycles. The van der Waals surface area contributed by atoms with Gasteiger partial charge in [0.15, 0.2) is 0 Å². The van der Waals surface area contributed by atoms with Crippen molar-refractivity contribution in [3.63, 3.8) is 0 Å². The largest absolute Gasteiger partial charge is 0.416 e. The Bertz CT molecular complexity index is 1190. The van der Waals surface area contributed by atoms with Gasteiger partial charge in [-0.2, -0.15) is 13.2 Å². The zero-order valence-corrected chi connectivity index (χ0v) is 16.5. The maximum atomic E-state index is 12.8. The van der Waals surface area contributed by atoms with E-state index in [0.29, 0.717) is 6.07 Å². The molecule has 0 saturated carbocycles. The van der Waals surface area contributed by atoms with E-state index in [1.54, 1.807) is 6.07 Å². The molecule has 11 heteroatoms. The molecule has 0 aliphatic carbocycles. The van der Waals surface area contributed by atoms with E-state index in [0.717, 1.165) is 24.3 Å². The lowest BCUT2D eigenvalue weighted by atomic mass is 10.2. The highest BCUT2D eigenvalue weighted by Gasteiger charge is 2.30. The molecule has 0 saturated heterocycles. The summed E-state index contributed by atoms with van der Waals surface area (Å²) in [6, 6.07) is 10.4. The van der Waals surface area contributed by atoms with Crippen LogP contribution in [0.3, 0.4) is 0 Å². The number of hydrogen-bond donors (Lipinski definition) is 2. The lowest BCUT2D eigenvalue weighted by Crippen LogP contribution is -2.16. The first-order valence-electron chi connectivity index (χ1n) is 8.27. The van der Waals surface area contributed by atoms with Crippen LogP contribution in [-0.2, 0) is 16.2 Å². The summed E-state index contributed by atoms with van der Waals surface area (Å²) in [5.41, 5.74) is -1.02. The number of benzene rings is 2. The number of carbonyl (C=O) groups is 1. The Balaban J connectivity index is 1.87. The molecule has 156 valence electrons. The van der Waals surface area contributed by atoms with Crippen molar-refractivity contribution in [2.45, 2.75) is 11.1 Å². The zero-order chi connectivity index (χ0) is 21.9. The molecule has 1 aromatic heterocycles. The lowest BCUT2D eigenvalue weighted by Gasteiger charge is -2.13. The number of carbonyl (C=O) groups excluding carboxylic acids is 1. The average molecular weight is 456 g/mol. The Morgan fingerprint density at radius 1 is 1.03 bits per heavy atom. The third kappa shape index (κ3) is 5.08. The number of pyridine rings is 1. The Labute approximate surface area is 174 Å². The summed E-state index contributed by atoms with van der Waals surface area (Å²) in [6.45, 7) is 0. The maximum absolute atomic E-state index is 12.8. The molecular formula is C19H13ClF3N3O3S. The first-order valence-corrected chi connectivity index (χ1v) is 10.1. The minimum absolute atomic E-state index is 0.0115. The van der Waals surface area contributed by atoms with Gasteiger partial charge in [0.2, 0.25) is 0 Å². The minimum Gasteiger partial charge on any atom is -0.321 e. The molecule has 0 bridgehead atoms. The third-order valence-electron chi connectivity index (χ3n) is 3.86. The van der Waals surface area contributed by atoms with Gasteiger partial charge in [0.05, 0.1) is 26.7 Å². The van der Waals surface area contributed by atoms with Gasteiger partial charge >= 0.3 is 6.18 Å². The van der Waals surface area contributed by atoms with Gasteiger partial charge in [-0.05, 0) is 48.5 Å². The third-order valence-corrected chi connectivity index (χ3v) is 5.57. The van der Waals surface area contributed by atoms with Gasteiger partial charge in [0.25, 0.3) is 15.9 Å². The molecule has 30 heavy (non-hydrogen) atoms. The fourth-order valence-corrected chi connectivity index (χ4v) is 3.67. The Morgan fingerprint density at radius 2 is 1.80 bits per heavy atom. The highest BCUT2D eigenvalue weighted by atomic mass is 35.5. The van der Waals surface area contributed by atoms with Crippen molar-refractivity contribution >= 4 is 38.9 Å². The summed E-state index contributed by atoms with van der Waals surface area (Å²) in [5, 5.41) is 2.55. The zero-order valence-electron chi connectivity index (χ0n) is 14.9. The Kier molecular flexibility index (Phi) is 5.99. The molecule has 0 aliphatic heterocycles. The summed E-state index contributed by atoms with van der Waals surface area (Å²) >= 11 is 6.04. The predicted octanol–water partition coefficient (Wildman–Crippen LogP) is 4.81. The average Bonchev–Trinajstić information content (AvgIpc) is 2.69. The van der Waals surface area contributed by atoms with Crippen molar-refractivity contribution in [1.29, 1.82) is 0 Å². The quantitative estimate of drug-likeness (QED) is 0.578. The molecule has 2 N–H and O–H groups in total. The summed E-state index contributed by atoms with van der Waals surface area (Å²) in [4.78, 5) is 15.8. The normalized spacial score (nSPS) is 11.7. The molecule has 0 radical (unpaired) electrons. The van der Waals surface area contributed by atoms with Crippen LogP contribution < -0.4 is 10.0 Å². The van der Waals surface area contributed by atoms with Crippen molar-refractivity contribution in [1.82, 2.24) is 4.98 Å². The number of halogens is 4. The molecule has 0 atom stereocenters. The second-order valence-electron chi connectivity index (χ2n) is 6.02. The van der Waals surface area contributed by atoms with Crippen LogP contribution in [0.2, 0.25) is 5.02 Å². The van der Waals surface area contributed by atoms with Crippen molar-refractivity contribution in [3.05, 3.63) is 83.1 Å². The van der Waals surface area contributed by atoms with Crippen LogP contribution in [0, 0.1) is 0 Å². The van der Waals surface area contributed by atoms with Gasteiger partial charge in [-0.3, -0.25) is 14.5 Å². The van der Waals surface area contributed by atoms with Crippen LogP contribution in [-0.4, -0.2) is 19.3 Å². The van der Waals surface area contributed by atoms with E-state index in [1.165, 1.54) is 30.6 Å². The fraction of sp³-hybridized carbons (Fsp3) is 0.0526. The SMILES string of the molecule is O=C(Nc1cc(S(=O)(=O)Nc2cccc(C(F)(F)F)c2)ccc1Cl)c1cccnc1. The number of nitrogens with one attached hydrogen (secondary N) is 2. The number of rotatable bonds is 5. The second-order valence-corrected chi connectivity index (χ2v) is 8.11. The summed E-state index contributed by atoms with van der Waals surface area (Å²) in [7, 11) is -4.25. The molecule has 3 aromatic rings. The maximum Gasteiger partial charge on any atom is 0.416 e. The number of sulfonamides is 1. The summed E-state index contributed by atoms with van der Waals surface area (Å²) in [6.07, 6.45) is -1.82. The van der Waals surface area contributed by atoms with Gasteiger partial charge in [0, 0.05) is 18.1 Å². The molecule has 0 aliphatic rings. The smallest absolute Gasteiger partial charge is 0.321 e. The summed E-state index contributed by atoms with van der Waals surface area (Å²) in [5.74, 6) is -0.564. The molecule has 1 amide bonds. The van der Waals surface area contributed by atoms with Crippen LogP contribution in [0.5, 0.6) is 0 Å². The van der Waals surface area contributed by atoms with Crippen LogP contribution >= 0.6 is 11.6 Å². The first kappa shape index (κ1) is 21.6. The van der Waals surface area contributed by atoms with Gasteiger partial charge in [-0.15, -0.1) is 0 Å². The molecule has 0 fully saturated rings. The number of hydrogen-bond acceptors (Lipinski definition) is 4. The van der Waals surface area contributed by atoms with Crippen molar-refractivity contribution in [2.75, 3.05) is 10.0 Å². The summed E-state index contributed by atoms with van der Waals surface area (Å²) < 4.78 is 65.9. The number of alkyl halides is 3. The van der Waals surface area contributed by atoms with Crippen LogP contribution in [0.25, 0.3) is 0 Å². The van der Waals surface area contributed by atoms with E-state index < -0.39 is 27.7 Å². The van der Waals surface area contributed by atoms with Crippen LogP contribution in [0.4, 0.5) is 24.5 Å². The van der Waals surface area contributed by atoms with Gasteiger partial charge < -0.3 is 5.32 Å². The van der Waals surface area contributed by atoms with Crippen LogP contribution in [0.15, 0.2) is 71.9 Å². The molecule has 6 nitrogen and oxygen atoms in total. The highest BCUT2D eigenvalue weighted by Crippen LogP contribution is 2.32. The van der Waals surface area contributed by atoms with E-state index in [4.69, 9.17) is 11.6 Å². The number of nitrogens with zero attached hydrogens (tertiary/aromatic N) is 1. The Morgan fingerprint density at radius 3 is 2.47 bits per heavy atom. The van der Waals surface area contributed by atoms with Gasteiger partial charge in [-0.25, -0.2) is 8.42 Å². The first-order chi connectivity index (χ1) is 14.1. The van der Waals surface area contributed by atoms with Gasteiger partial charge in [-0.1, -0.05) is 17.7 Å². The van der Waals surface area contributed by atoms with Crippen molar-refractivity contribution in [2.24, 2.45) is 0 Å². The second kappa shape index (κ2) is 8.33. The fourth-order valence-electron chi connectivity index (χ4n) is 2.43. The monoisotopic (exact) mass is 455 g/mol. The van der Waals surface area contributed by atoms with E-state index in [9.17, 15) is 26.4 Å². The standard InChI is InChI=1S/C19H13ClF3N3O3S/c20-16-7-6-15(10-17(16)25-18(27)12-3-2-8-24-11-12)30(28,29)26-14-5-1-4-13(9-14)19(21,22)23/h1-11,26H,(H,25,27). The Hall–Kier alpha value is -3.11. The minimum atomic E-state index is -4.62. The number of aromatic nitrogens is 1. The van der Waals surface area contributed by atoms with Crippen molar-refractivity contribution < 1.29 is 26.4 Å². The van der Waals surface area contributed by atoms with Crippen molar-refractivity contribution in [3.8, 4) is 0 Å². The van der Waals surface area contributed by atoms with E-state index in [1.807, 2.05) is 0 Å². The topological polar surface area (TPSA) is 88.2 Å². The van der Waals surface area contributed by atoms with E-state index in [-0.39, 0.29) is 26.9 Å². The number of amides is 1. The molecular weight excluding hydrogens is 443 g/mol. The van der Waals surface area contributed by atoms with E-state index in [2.05, 4.69) is 15.0 Å². The lowest BCUT2D eigenvalue weighted by molar-refractivity contribution is -0.137. The molecule has 0 unspecified atom stereocenters. The van der Waals surface area contributed by atoms with Gasteiger partial charge in [0.1, 0.15) is 0 Å². The highest BCUT2D eigenvalue weighted by molar-refractivity contribution is 7.92. The molecule has 3 rings (SSSR count).